The lowest BCUT2D eigenvalue weighted by molar-refractivity contribution is -0.394. The van der Waals surface area contributed by atoms with E-state index in [2.05, 4.69) is 26.1 Å². The summed E-state index contributed by atoms with van der Waals surface area (Å²) >= 11 is 4.83. The molecule has 1 heterocycles. The molecule has 0 aliphatic heterocycles. The van der Waals surface area contributed by atoms with Crippen LogP contribution in [0.5, 0.6) is 0 Å². The van der Waals surface area contributed by atoms with Crippen molar-refractivity contribution in [3.05, 3.63) is 72.7 Å². The van der Waals surface area contributed by atoms with Crippen molar-refractivity contribution in [3.8, 4) is 11.4 Å². The fraction of sp³-hybridized carbons (Fsp3) is 0.125. The van der Waals surface area contributed by atoms with Gasteiger partial charge in [0, 0.05) is 35.0 Å². The average Bonchev–Trinajstić information content (AvgIpc) is 3.01. The van der Waals surface area contributed by atoms with Crippen molar-refractivity contribution in [1.82, 2.24) is 14.8 Å². The topological polar surface area (TPSA) is 117 Å². The van der Waals surface area contributed by atoms with E-state index in [1.54, 1.807) is 11.6 Å². The van der Waals surface area contributed by atoms with E-state index in [-0.39, 0.29) is 16.9 Å². The first-order valence-corrected chi connectivity index (χ1v) is 9.34. The second kappa shape index (κ2) is 7.84. The summed E-state index contributed by atoms with van der Waals surface area (Å²) in [5, 5.41) is 30.9. The zero-order valence-electron chi connectivity index (χ0n) is 13.9. The van der Waals surface area contributed by atoms with Crippen LogP contribution >= 0.6 is 27.7 Å². The van der Waals surface area contributed by atoms with Gasteiger partial charge in [0.05, 0.1) is 15.9 Å². The Labute approximate surface area is 165 Å². The van der Waals surface area contributed by atoms with E-state index >= 15 is 0 Å². The molecule has 0 amide bonds. The van der Waals surface area contributed by atoms with Crippen LogP contribution < -0.4 is 0 Å². The minimum absolute atomic E-state index is 0.265. The highest BCUT2D eigenvalue weighted by molar-refractivity contribution is 9.10. The van der Waals surface area contributed by atoms with Crippen LogP contribution in [0.15, 0.2) is 52.1 Å². The third-order valence-corrected chi connectivity index (χ3v) is 5.32. The number of halogens is 1. The van der Waals surface area contributed by atoms with Crippen LogP contribution in [0.4, 0.5) is 11.4 Å². The maximum atomic E-state index is 11.1. The fourth-order valence-electron chi connectivity index (χ4n) is 2.36. The zero-order chi connectivity index (χ0) is 19.6. The van der Waals surface area contributed by atoms with Crippen LogP contribution in [0.2, 0.25) is 0 Å². The Balaban J connectivity index is 1.89. The van der Waals surface area contributed by atoms with Crippen molar-refractivity contribution >= 4 is 39.1 Å². The van der Waals surface area contributed by atoms with Gasteiger partial charge in [-0.25, -0.2) is 0 Å². The standard InChI is InChI=1S/C16H12BrN5O4S/c1-20-15(11-6-13(21(23)24)8-14(7-11)22(25)26)18-19-16(20)27-9-10-2-4-12(17)5-3-10/h2-8H,9H2,1H3. The van der Waals surface area contributed by atoms with Crippen molar-refractivity contribution in [2.24, 2.45) is 7.05 Å². The van der Waals surface area contributed by atoms with Crippen LogP contribution in [0.3, 0.4) is 0 Å². The second-order valence-corrected chi connectivity index (χ2v) is 7.39. The zero-order valence-corrected chi connectivity index (χ0v) is 16.3. The van der Waals surface area contributed by atoms with Gasteiger partial charge in [-0.2, -0.15) is 0 Å². The van der Waals surface area contributed by atoms with Crippen molar-refractivity contribution in [1.29, 1.82) is 0 Å². The normalized spacial score (nSPS) is 10.7. The summed E-state index contributed by atoms with van der Waals surface area (Å²) in [5.74, 6) is 0.981. The first-order chi connectivity index (χ1) is 12.8. The van der Waals surface area contributed by atoms with E-state index in [4.69, 9.17) is 0 Å². The summed E-state index contributed by atoms with van der Waals surface area (Å²) < 4.78 is 2.65. The molecular formula is C16H12BrN5O4S. The van der Waals surface area contributed by atoms with E-state index in [0.717, 1.165) is 16.1 Å². The van der Waals surface area contributed by atoms with Gasteiger partial charge in [-0.05, 0) is 17.7 Å². The average molecular weight is 450 g/mol. The van der Waals surface area contributed by atoms with Gasteiger partial charge < -0.3 is 4.57 Å². The number of non-ortho nitro benzene ring substituents is 2. The second-order valence-electron chi connectivity index (χ2n) is 5.53. The summed E-state index contributed by atoms with van der Waals surface area (Å²) in [4.78, 5) is 20.8. The Morgan fingerprint density at radius 3 is 2.19 bits per heavy atom. The van der Waals surface area contributed by atoms with E-state index < -0.39 is 9.85 Å². The van der Waals surface area contributed by atoms with Crippen LogP contribution in [0, 0.1) is 20.2 Å². The van der Waals surface area contributed by atoms with E-state index in [9.17, 15) is 20.2 Å². The third-order valence-electron chi connectivity index (χ3n) is 3.70. The molecular weight excluding hydrogens is 438 g/mol. The van der Waals surface area contributed by atoms with Crippen molar-refractivity contribution in [2.75, 3.05) is 0 Å². The van der Waals surface area contributed by atoms with Crippen molar-refractivity contribution in [2.45, 2.75) is 10.9 Å². The molecule has 0 aliphatic carbocycles. The summed E-state index contributed by atoms with van der Waals surface area (Å²) in [7, 11) is 1.71. The molecule has 0 fully saturated rings. The highest BCUT2D eigenvalue weighted by Crippen LogP contribution is 2.31. The van der Waals surface area contributed by atoms with Gasteiger partial charge in [-0.1, -0.05) is 39.8 Å². The number of nitro groups is 2. The summed E-state index contributed by atoms with van der Waals surface area (Å²) in [5.41, 5.74) is 0.623. The maximum Gasteiger partial charge on any atom is 0.277 e. The first-order valence-electron chi connectivity index (χ1n) is 7.56. The van der Waals surface area contributed by atoms with Crippen molar-refractivity contribution < 1.29 is 9.85 Å². The molecule has 3 rings (SSSR count). The predicted octanol–water partition coefficient (Wildman–Crippen LogP) is 4.35. The number of nitro benzene ring substituents is 2. The third kappa shape index (κ3) is 4.31. The number of benzene rings is 2. The molecule has 0 N–H and O–H groups in total. The van der Waals surface area contributed by atoms with Crippen LogP contribution in [-0.2, 0) is 12.8 Å². The molecule has 0 unspecified atom stereocenters. The van der Waals surface area contributed by atoms with Crippen LogP contribution in [0.25, 0.3) is 11.4 Å². The molecule has 2 aromatic carbocycles. The van der Waals surface area contributed by atoms with E-state index in [1.165, 1.54) is 23.9 Å². The van der Waals surface area contributed by atoms with E-state index in [0.29, 0.717) is 16.7 Å². The molecule has 27 heavy (non-hydrogen) atoms. The van der Waals surface area contributed by atoms with Gasteiger partial charge in [0.25, 0.3) is 11.4 Å². The number of rotatable bonds is 6. The summed E-state index contributed by atoms with van der Waals surface area (Å²) in [6.07, 6.45) is 0. The largest absolute Gasteiger partial charge is 0.305 e. The highest BCUT2D eigenvalue weighted by atomic mass is 79.9. The maximum absolute atomic E-state index is 11.1. The molecule has 11 heteroatoms. The number of aromatic nitrogens is 3. The molecule has 0 saturated heterocycles. The molecule has 9 nitrogen and oxygen atoms in total. The molecule has 138 valence electrons. The molecule has 0 aliphatic rings. The Morgan fingerprint density at radius 2 is 1.63 bits per heavy atom. The molecule has 3 aromatic rings. The van der Waals surface area contributed by atoms with Gasteiger partial charge >= 0.3 is 0 Å². The van der Waals surface area contributed by atoms with E-state index in [1.807, 2.05) is 24.3 Å². The molecule has 1 aromatic heterocycles. The van der Waals surface area contributed by atoms with Gasteiger partial charge in [0.2, 0.25) is 0 Å². The first kappa shape index (κ1) is 19.0. The Bertz CT molecular complexity index is 990. The molecule has 0 radical (unpaired) electrons. The van der Waals surface area contributed by atoms with Gasteiger partial charge in [0.15, 0.2) is 11.0 Å². The predicted molar refractivity (Wildman–Crippen MR) is 103 cm³/mol. The molecule has 0 atom stereocenters. The summed E-state index contributed by atoms with van der Waals surface area (Å²) in [6.45, 7) is 0. The van der Waals surface area contributed by atoms with Crippen LogP contribution in [-0.4, -0.2) is 24.6 Å². The lowest BCUT2D eigenvalue weighted by atomic mass is 10.1. The summed E-state index contributed by atoms with van der Waals surface area (Å²) in [6, 6.07) is 11.3. The monoisotopic (exact) mass is 449 g/mol. The lowest BCUT2D eigenvalue weighted by Crippen LogP contribution is -1.98. The minimum Gasteiger partial charge on any atom is -0.305 e. The lowest BCUT2D eigenvalue weighted by Gasteiger charge is -2.05. The number of nitrogens with zero attached hydrogens (tertiary/aromatic N) is 5. The Hall–Kier alpha value is -2.79. The van der Waals surface area contributed by atoms with Gasteiger partial charge in [-0.3, -0.25) is 20.2 Å². The van der Waals surface area contributed by atoms with Crippen molar-refractivity contribution in [3.63, 3.8) is 0 Å². The molecule has 0 saturated carbocycles. The smallest absolute Gasteiger partial charge is 0.277 e. The Morgan fingerprint density at radius 1 is 1.04 bits per heavy atom. The number of hydrogen-bond donors (Lipinski definition) is 0. The SMILES string of the molecule is Cn1c(SCc2ccc(Br)cc2)nnc1-c1cc([N+](=O)[O-])cc([N+](=O)[O-])c1. The molecule has 0 bridgehead atoms. The number of thioether (sulfide) groups is 1. The fourth-order valence-corrected chi connectivity index (χ4v) is 3.49. The highest BCUT2D eigenvalue weighted by Gasteiger charge is 2.20. The molecule has 0 spiro atoms. The minimum atomic E-state index is -0.671. The van der Waals surface area contributed by atoms with Crippen LogP contribution in [0.1, 0.15) is 5.56 Å². The number of hydrogen-bond acceptors (Lipinski definition) is 7. The quantitative estimate of drug-likeness (QED) is 0.311. The van der Waals surface area contributed by atoms with Gasteiger partial charge in [-0.15, -0.1) is 10.2 Å². The Kier molecular flexibility index (Phi) is 5.51. The van der Waals surface area contributed by atoms with Gasteiger partial charge in [0.1, 0.15) is 0 Å².